The first-order valence-corrected chi connectivity index (χ1v) is 11.0. The smallest absolute Gasteiger partial charge is 0.248 e. The van der Waals surface area contributed by atoms with Crippen molar-refractivity contribution in [3.05, 3.63) is 11.5 Å². The maximum Gasteiger partial charge on any atom is 0.248 e. The normalized spacial score (nSPS) is 17.8. The van der Waals surface area contributed by atoms with E-state index in [1.807, 2.05) is 13.8 Å². The number of carbonyl (C=O) groups is 1. The highest BCUT2D eigenvalue weighted by Crippen LogP contribution is 2.30. The van der Waals surface area contributed by atoms with Crippen molar-refractivity contribution in [1.29, 1.82) is 0 Å². The van der Waals surface area contributed by atoms with E-state index >= 15 is 0 Å². The molecule has 154 valence electrons. The van der Waals surface area contributed by atoms with Crippen molar-refractivity contribution < 1.29 is 22.5 Å². The number of hydrogen-bond donors (Lipinski definition) is 1. The van der Waals surface area contributed by atoms with Gasteiger partial charge in [0.2, 0.25) is 15.9 Å². The number of rotatable bonds is 9. The SMILES string of the molecule is CCOCCCNC(=O)[C@H](C)C1CCN(S(=O)(=O)c2c(C)noc2C)CC1. The summed E-state index contributed by atoms with van der Waals surface area (Å²) in [6.07, 6.45) is 2.12. The van der Waals surface area contributed by atoms with Gasteiger partial charge in [-0.05, 0) is 46.0 Å². The predicted molar refractivity (Wildman–Crippen MR) is 101 cm³/mol. The molecule has 0 bridgehead atoms. The maximum absolute atomic E-state index is 12.9. The highest BCUT2D eigenvalue weighted by Gasteiger charge is 2.36. The average Bonchev–Trinajstić information content (AvgIpc) is 3.00. The van der Waals surface area contributed by atoms with Gasteiger partial charge in [0, 0.05) is 38.8 Å². The Balaban J connectivity index is 1.86. The molecule has 0 unspecified atom stereocenters. The zero-order chi connectivity index (χ0) is 20.0. The fraction of sp³-hybridized carbons (Fsp3) is 0.778. The van der Waals surface area contributed by atoms with Crippen molar-refractivity contribution in [2.24, 2.45) is 11.8 Å². The van der Waals surface area contributed by atoms with E-state index in [1.165, 1.54) is 4.31 Å². The number of nitrogens with one attached hydrogen (secondary N) is 1. The summed E-state index contributed by atoms with van der Waals surface area (Å²) in [6.45, 7) is 9.83. The monoisotopic (exact) mass is 401 g/mol. The number of nitrogens with zero attached hydrogens (tertiary/aromatic N) is 2. The van der Waals surface area contributed by atoms with Crippen LogP contribution in [0.4, 0.5) is 0 Å². The lowest BCUT2D eigenvalue weighted by Crippen LogP contribution is -2.43. The lowest BCUT2D eigenvalue weighted by atomic mass is 9.85. The topological polar surface area (TPSA) is 102 Å². The van der Waals surface area contributed by atoms with E-state index in [2.05, 4.69) is 10.5 Å². The number of hydrogen-bond acceptors (Lipinski definition) is 6. The third-order valence-corrected chi connectivity index (χ3v) is 7.30. The van der Waals surface area contributed by atoms with Gasteiger partial charge in [0.1, 0.15) is 10.6 Å². The molecule has 27 heavy (non-hydrogen) atoms. The van der Waals surface area contributed by atoms with Crippen molar-refractivity contribution in [2.45, 2.75) is 51.9 Å². The van der Waals surface area contributed by atoms with E-state index in [0.29, 0.717) is 57.1 Å². The third kappa shape index (κ3) is 5.30. The second kappa shape index (κ2) is 9.66. The van der Waals surface area contributed by atoms with Gasteiger partial charge in [0.25, 0.3) is 0 Å². The standard InChI is InChI=1S/C18H31N3O5S/c1-5-25-12-6-9-19-18(22)13(2)16-7-10-21(11-8-16)27(23,24)17-14(3)20-26-15(17)4/h13,16H,5-12H2,1-4H3,(H,19,22)/t13-/m1/s1. The van der Waals surface area contributed by atoms with Crippen molar-refractivity contribution in [2.75, 3.05) is 32.8 Å². The summed E-state index contributed by atoms with van der Waals surface area (Å²) < 4.78 is 37.5. The maximum atomic E-state index is 12.9. The molecule has 0 radical (unpaired) electrons. The molecule has 9 heteroatoms. The van der Waals surface area contributed by atoms with Gasteiger partial charge < -0.3 is 14.6 Å². The quantitative estimate of drug-likeness (QED) is 0.634. The number of sulfonamides is 1. The Labute approximate surface area is 161 Å². The molecule has 1 aliphatic rings. The minimum atomic E-state index is -3.61. The van der Waals surface area contributed by atoms with Gasteiger partial charge in [-0.15, -0.1) is 0 Å². The first-order valence-electron chi connectivity index (χ1n) is 9.57. The fourth-order valence-corrected chi connectivity index (χ4v) is 5.25. The molecule has 1 N–H and O–H groups in total. The molecule has 1 amide bonds. The summed E-state index contributed by atoms with van der Waals surface area (Å²) in [6, 6.07) is 0. The molecule has 1 atom stereocenters. The molecular formula is C18H31N3O5S. The average molecular weight is 402 g/mol. The molecule has 1 aliphatic heterocycles. The molecule has 2 heterocycles. The zero-order valence-corrected chi connectivity index (χ0v) is 17.5. The summed E-state index contributed by atoms with van der Waals surface area (Å²) >= 11 is 0. The van der Waals surface area contributed by atoms with E-state index in [-0.39, 0.29) is 22.6 Å². The van der Waals surface area contributed by atoms with Crippen LogP contribution in [0.2, 0.25) is 0 Å². The van der Waals surface area contributed by atoms with E-state index < -0.39 is 10.0 Å². The third-order valence-electron chi connectivity index (χ3n) is 5.15. The fourth-order valence-electron chi connectivity index (χ4n) is 3.49. The van der Waals surface area contributed by atoms with Crippen LogP contribution in [0.1, 0.15) is 44.6 Å². The Bertz CT molecular complexity index is 704. The highest BCUT2D eigenvalue weighted by atomic mass is 32.2. The number of carbonyl (C=O) groups excluding carboxylic acids is 1. The molecule has 0 aromatic carbocycles. The molecule has 1 aromatic rings. The van der Waals surface area contributed by atoms with Crippen LogP contribution in [0.25, 0.3) is 0 Å². The first kappa shape index (κ1) is 21.8. The van der Waals surface area contributed by atoms with Crippen LogP contribution in [-0.2, 0) is 19.6 Å². The Hall–Kier alpha value is -1.45. The van der Waals surface area contributed by atoms with Crippen molar-refractivity contribution >= 4 is 15.9 Å². The van der Waals surface area contributed by atoms with Crippen LogP contribution in [-0.4, -0.2) is 56.6 Å². The second-order valence-corrected chi connectivity index (χ2v) is 8.90. The Morgan fingerprint density at radius 2 is 2.04 bits per heavy atom. The summed E-state index contributed by atoms with van der Waals surface area (Å²) in [5.41, 5.74) is 0.384. The van der Waals surface area contributed by atoms with Crippen molar-refractivity contribution in [3.8, 4) is 0 Å². The van der Waals surface area contributed by atoms with Crippen molar-refractivity contribution in [3.63, 3.8) is 0 Å². The molecule has 1 aromatic heterocycles. The van der Waals surface area contributed by atoms with E-state index in [0.717, 1.165) is 6.42 Å². The molecule has 0 spiro atoms. The predicted octanol–water partition coefficient (Wildman–Crippen LogP) is 1.87. The van der Waals surface area contributed by atoms with Gasteiger partial charge >= 0.3 is 0 Å². The van der Waals surface area contributed by atoms with Crippen LogP contribution in [0, 0.1) is 25.7 Å². The van der Waals surface area contributed by atoms with Gasteiger partial charge in [-0.2, -0.15) is 4.31 Å². The molecule has 0 aliphatic carbocycles. The van der Waals surface area contributed by atoms with Crippen LogP contribution in [0.15, 0.2) is 9.42 Å². The summed E-state index contributed by atoms with van der Waals surface area (Å²) in [7, 11) is -3.61. The lowest BCUT2D eigenvalue weighted by Gasteiger charge is -2.33. The van der Waals surface area contributed by atoms with Gasteiger partial charge in [-0.1, -0.05) is 12.1 Å². The van der Waals surface area contributed by atoms with E-state index in [9.17, 15) is 13.2 Å². The zero-order valence-electron chi connectivity index (χ0n) is 16.7. The van der Waals surface area contributed by atoms with Crippen LogP contribution in [0.3, 0.4) is 0 Å². The van der Waals surface area contributed by atoms with Crippen molar-refractivity contribution in [1.82, 2.24) is 14.8 Å². The first-order chi connectivity index (χ1) is 12.8. The highest BCUT2D eigenvalue weighted by molar-refractivity contribution is 7.89. The molecule has 8 nitrogen and oxygen atoms in total. The number of aryl methyl sites for hydroxylation is 2. The van der Waals surface area contributed by atoms with Crippen LogP contribution < -0.4 is 5.32 Å². The minimum absolute atomic E-state index is 0.0264. The summed E-state index contributed by atoms with van der Waals surface area (Å²) in [4.78, 5) is 12.5. The molecule has 1 saturated heterocycles. The Morgan fingerprint density at radius 1 is 1.37 bits per heavy atom. The number of aromatic nitrogens is 1. The molecule has 2 rings (SSSR count). The largest absolute Gasteiger partial charge is 0.382 e. The second-order valence-electron chi connectivity index (χ2n) is 7.02. The molecule has 1 fully saturated rings. The Kier molecular flexibility index (Phi) is 7.81. The van der Waals surface area contributed by atoms with Gasteiger partial charge in [-0.25, -0.2) is 8.42 Å². The van der Waals surface area contributed by atoms with Gasteiger partial charge in [0.15, 0.2) is 5.76 Å². The lowest BCUT2D eigenvalue weighted by molar-refractivity contribution is -0.126. The number of ether oxygens (including phenoxy) is 1. The molecule has 0 saturated carbocycles. The van der Waals surface area contributed by atoms with E-state index in [4.69, 9.17) is 9.26 Å². The van der Waals surface area contributed by atoms with Crippen LogP contribution >= 0.6 is 0 Å². The van der Waals surface area contributed by atoms with Crippen LogP contribution in [0.5, 0.6) is 0 Å². The summed E-state index contributed by atoms with van der Waals surface area (Å²) in [5.74, 6) is 0.377. The van der Waals surface area contributed by atoms with E-state index in [1.54, 1.807) is 13.8 Å². The molecular weight excluding hydrogens is 370 g/mol. The number of piperidine rings is 1. The summed E-state index contributed by atoms with van der Waals surface area (Å²) in [5, 5.41) is 6.69. The minimum Gasteiger partial charge on any atom is -0.382 e. The number of amides is 1. The van der Waals surface area contributed by atoms with Gasteiger partial charge in [-0.3, -0.25) is 4.79 Å². The Morgan fingerprint density at radius 3 is 2.59 bits per heavy atom. The van der Waals surface area contributed by atoms with Gasteiger partial charge in [0.05, 0.1) is 0 Å².